The molecule has 0 bridgehead atoms. The van der Waals surface area contributed by atoms with Crippen molar-refractivity contribution in [2.45, 2.75) is 84.2 Å². The Morgan fingerprint density at radius 2 is 2.03 bits per heavy atom. The summed E-state index contributed by atoms with van der Waals surface area (Å²) >= 11 is 1.46. The van der Waals surface area contributed by atoms with Crippen molar-refractivity contribution in [2.75, 3.05) is 32.2 Å². The summed E-state index contributed by atoms with van der Waals surface area (Å²) in [6.07, 6.45) is 5.07. The van der Waals surface area contributed by atoms with Crippen molar-refractivity contribution in [1.82, 2.24) is 10.3 Å². The highest BCUT2D eigenvalue weighted by Gasteiger charge is 2.59. The van der Waals surface area contributed by atoms with Gasteiger partial charge in [-0.25, -0.2) is 4.98 Å². The highest BCUT2D eigenvalue weighted by molar-refractivity contribution is 7.15. The molecule has 0 spiro atoms. The molecule has 1 fully saturated rings. The maximum atomic E-state index is 12.9. The Morgan fingerprint density at radius 1 is 1.26 bits per heavy atom. The van der Waals surface area contributed by atoms with E-state index in [1.165, 1.54) is 11.3 Å². The molecular weight excluding hydrogens is 454 g/mol. The standard InChI is InChI=1S/C25H41N3O5S/c1-5-6-7-8-20(31)27-23-28-22-16(13-21(32)26-11-12-33-4)24(2)10-9-19(30)25(3,15-29)18(24)14-17(22)34-23/h16,18-19,29-30H,5-15H2,1-4H3,(H,26,32)(H,27,28,31)/t16-,18+,19-,24+,25+/m1/s1. The van der Waals surface area contributed by atoms with Crippen molar-refractivity contribution in [2.24, 2.45) is 16.7 Å². The molecule has 2 amide bonds. The summed E-state index contributed by atoms with van der Waals surface area (Å²) in [7, 11) is 1.60. The Kier molecular flexibility index (Phi) is 9.11. The zero-order chi connectivity index (χ0) is 24.9. The summed E-state index contributed by atoms with van der Waals surface area (Å²) in [6.45, 7) is 7.01. The highest BCUT2D eigenvalue weighted by Crippen LogP contribution is 2.62. The van der Waals surface area contributed by atoms with Crippen LogP contribution in [0.3, 0.4) is 0 Å². The second-order valence-electron chi connectivity index (χ2n) is 10.4. The molecule has 3 rings (SSSR count). The summed E-state index contributed by atoms with van der Waals surface area (Å²) in [5.74, 6) is -0.270. The van der Waals surface area contributed by atoms with Crippen LogP contribution < -0.4 is 10.6 Å². The van der Waals surface area contributed by atoms with Gasteiger partial charge in [0.15, 0.2) is 5.13 Å². The second-order valence-corrected chi connectivity index (χ2v) is 11.5. The van der Waals surface area contributed by atoms with Gasteiger partial charge in [0, 0.05) is 42.7 Å². The summed E-state index contributed by atoms with van der Waals surface area (Å²) in [6, 6.07) is 0. The molecule has 8 nitrogen and oxygen atoms in total. The van der Waals surface area contributed by atoms with Crippen LogP contribution in [0, 0.1) is 16.7 Å². The summed E-state index contributed by atoms with van der Waals surface area (Å²) in [5, 5.41) is 27.6. The Labute approximate surface area is 206 Å². The molecule has 2 aliphatic rings. The zero-order valence-corrected chi connectivity index (χ0v) is 21.8. The van der Waals surface area contributed by atoms with Gasteiger partial charge >= 0.3 is 0 Å². The number of ether oxygens (including phenoxy) is 1. The van der Waals surface area contributed by atoms with Crippen molar-refractivity contribution in [3.8, 4) is 0 Å². The molecule has 1 saturated carbocycles. The number of aromatic nitrogens is 1. The van der Waals surface area contributed by atoms with Crippen molar-refractivity contribution in [3.05, 3.63) is 10.6 Å². The number of unbranched alkanes of at least 4 members (excludes halogenated alkanes) is 2. The third-order valence-electron chi connectivity index (χ3n) is 8.17. The fraction of sp³-hybridized carbons (Fsp3) is 0.800. The van der Waals surface area contributed by atoms with Crippen molar-refractivity contribution in [1.29, 1.82) is 0 Å². The molecular formula is C25H41N3O5S. The molecule has 0 saturated heterocycles. The van der Waals surface area contributed by atoms with E-state index in [4.69, 9.17) is 9.72 Å². The van der Waals surface area contributed by atoms with Gasteiger partial charge in [0.25, 0.3) is 0 Å². The topological polar surface area (TPSA) is 121 Å². The van der Waals surface area contributed by atoms with E-state index >= 15 is 0 Å². The van der Waals surface area contributed by atoms with Gasteiger partial charge in [-0.05, 0) is 37.0 Å². The number of nitrogens with one attached hydrogen (secondary N) is 2. The fourth-order valence-electron chi connectivity index (χ4n) is 5.97. The van der Waals surface area contributed by atoms with E-state index in [2.05, 4.69) is 24.5 Å². The average molecular weight is 496 g/mol. The van der Waals surface area contributed by atoms with Crippen molar-refractivity contribution in [3.63, 3.8) is 0 Å². The zero-order valence-electron chi connectivity index (χ0n) is 21.0. The fourth-order valence-corrected chi connectivity index (χ4v) is 7.05. The number of anilines is 1. The number of carbonyl (C=O) groups excluding carboxylic acids is 2. The van der Waals surface area contributed by atoms with Crippen molar-refractivity contribution >= 4 is 28.3 Å². The van der Waals surface area contributed by atoms with E-state index in [1.54, 1.807) is 7.11 Å². The van der Waals surface area contributed by atoms with E-state index in [-0.39, 0.29) is 42.1 Å². The lowest BCUT2D eigenvalue weighted by Crippen LogP contribution is -2.57. The minimum Gasteiger partial charge on any atom is -0.396 e. The van der Waals surface area contributed by atoms with Gasteiger partial charge in [-0.1, -0.05) is 33.6 Å². The molecule has 34 heavy (non-hydrogen) atoms. The Balaban J connectivity index is 1.91. The maximum Gasteiger partial charge on any atom is 0.226 e. The first kappa shape index (κ1) is 27.0. The summed E-state index contributed by atoms with van der Waals surface area (Å²) in [5.41, 5.74) is -0.0897. The molecule has 9 heteroatoms. The molecule has 0 radical (unpaired) electrons. The number of hydrogen-bond acceptors (Lipinski definition) is 7. The van der Waals surface area contributed by atoms with Crippen LogP contribution in [0.15, 0.2) is 0 Å². The normalized spacial score (nSPS) is 30.4. The van der Waals surface area contributed by atoms with Gasteiger partial charge in [-0.3, -0.25) is 9.59 Å². The smallest absolute Gasteiger partial charge is 0.226 e. The molecule has 5 atom stereocenters. The molecule has 1 aromatic heterocycles. The molecule has 2 aliphatic carbocycles. The average Bonchev–Trinajstić information content (AvgIpc) is 3.20. The van der Waals surface area contributed by atoms with Crippen LogP contribution in [0.25, 0.3) is 0 Å². The van der Waals surface area contributed by atoms with E-state index < -0.39 is 11.5 Å². The van der Waals surface area contributed by atoms with Crippen LogP contribution in [0.1, 0.15) is 82.2 Å². The number of thiazole rings is 1. The van der Waals surface area contributed by atoms with Gasteiger partial charge in [-0.15, -0.1) is 11.3 Å². The van der Waals surface area contributed by atoms with Crippen LogP contribution >= 0.6 is 11.3 Å². The molecule has 0 aromatic carbocycles. The first-order valence-corrected chi connectivity index (χ1v) is 13.3. The Hall–Kier alpha value is -1.55. The van der Waals surface area contributed by atoms with Crippen LogP contribution in [0.2, 0.25) is 0 Å². The van der Waals surface area contributed by atoms with Crippen LogP contribution in [0.5, 0.6) is 0 Å². The van der Waals surface area contributed by atoms with Crippen molar-refractivity contribution < 1.29 is 24.5 Å². The number of fused-ring (bicyclic) bond motifs is 2. The third-order valence-corrected chi connectivity index (χ3v) is 9.17. The number of aliphatic hydroxyl groups is 2. The van der Waals surface area contributed by atoms with Crippen LogP contribution in [-0.2, 0) is 20.7 Å². The molecule has 1 heterocycles. The third kappa shape index (κ3) is 5.48. The molecule has 0 unspecified atom stereocenters. The summed E-state index contributed by atoms with van der Waals surface area (Å²) < 4.78 is 5.05. The minimum absolute atomic E-state index is 0.00780. The second kappa shape index (κ2) is 11.5. The number of nitrogens with zero attached hydrogens (tertiary/aromatic N) is 1. The predicted octanol–water partition coefficient (Wildman–Crippen LogP) is 3.23. The minimum atomic E-state index is -0.664. The van der Waals surface area contributed by atoms with E-state index in [1.807, 2.05) is 6.92 Å². The predicted molar refractivity (Wildman–Crippen MR) is 133 cm³/mol. The molecule has 4 N–H and O–H groups in total. The molecule has 1 aromatic rings. The Bertz CT molecular complexity index is 862. The lowest BCUT2D eigenvalue weighted by molar-refractivity contribution is -0.144. The van der Waals surface area contributed by atoms with Gasteiger partial charge in [0.1, 0.15) is 0 Å². The lowest BCUT2D eigenvalue weighted by Gasteiger charge is -2.58. The Morgan fingerprint density at radius 3 is 2.71 bits per heavy atom. The molecule has 0 aliphatic heterocycles. The quantitative estimate of drug-likeness (QED) is 0.350. The first-order valence-electron chi connectivity index (χ1n) is 12.5. The summed E-state index contributed by atoms with van der Waals surface area (Å²) in [4.78, 5) is 31.2. The van der Waals surface area contributed by atoms with E-state index in [9.17, 15) is 19.8 Å². The monoisotopic (exact) mass is 495 g/mol. The van der Waals surface area contributed by atoms with Crippen LogP contribution in [-0.4, -0.2) is 60.0 Å². The number of amides is 2. The molecule has 192 valence electrons. The van der Waals surface area contributed by atoms with E-state index in [0.717, 1.165) is 36.3 Å². The SMILES string of the molecule is CCCCCC(=O)Nc1nc2c(s1)C[C@@H]1[C@](C)(CO)[C@H](O)CC[C@@]1(C)[C@@H]2CC(=O)NCCOC. The number of carbonyl (C=O) groups is 2. The number of methoxy groups -OCH3 is 1. The van der Waals surface area contributed by atoms with Gasteiger partial charge < -0.3 is 25.6 Å². The number of rotatable bonds is 11. The van der Waals surface area contributed by atoms with Gasteiger partial charge in [0.05, 0.1) is 25.0 Å². The lowest BCUT2D eigenvalue weighted by atomic mass is 9.47. The maximum absolute atomic E-state index is 12.9. The van der Waals surface area contributed by atoms with Gasteiger partial charge in [0.2, 0.25) is 11.8 Å². The van der Waals surface area contributed by atoms with Crippen LogP contribution in [0.4, 0.5) is 5.13 Å². The first-order chi connectivity index (χ1) is 16.2. The largest absolute Gasteiger partial charge is 0.396 e. The van der Waals surface area contributed by atoms with Gasteiger partial charge in [-0.2, -0.15) is 0 Å². The highest BCUT2D eigenvalue weighted by atomic mass is 32.1. The number of aliphatic hydroxyl groups excluding tert-OH is 2. The number of hydrogen-bond donors (Lipinski definition) is 4. The van der Waals surface area contributed by atoms with E-state index in [0.29, 0.717) is 37.5 Å².